The molecule has 0 aromatic carbocycles. The van der Waals surface area contributed by atoms with E-state index in [4.69, 9.17) is 0 Å². The number of hydrogen-bond donors (Lipinski definition) is 1. The van der Waals surface area contributed by atoms with Gasteiger partial charge in [-0.05, 0) is 52.2 Å². The largest absolute Gasteiger partial charge is 0.337 e. The molecule has 0 bridgehead atoms. The molecule has 2 heterocycles. The molecule has 2 rings (SSSR count). The second-order valence-corrected chi connectivity index (χ2v) is 5.99. The van der Waals surface area contributed by atoms with Crippen LogP contribution in [0.1, 0.15) is 46.0 Å². The highest BCUT2D eigenvalue weighted by Gasteiger charge is 2.31. The summed E-state index contributed by atoms with van der Waals surface area (Å²) in [5, 5.41) is 3.32. The molecule has 0 saturated carbocycles. The van der Waals surface area contributed by atoms with Crippen molar-refractivity contribution in [1.82, 2.24) is 15.1 Å². The fourth-order valence-corrected chi connectivity index (χ4v) is 3.39. The van der Waals surface area contributed by atoms with Crippen LogP contribution >= 0.6 is 0 Å². The number of rotatable bonds is 5. The molecule has 2 unspecified atom stereocenters. The highest BCUT2D eigenvalue weighted by molar-refractivity contribution is 5.82. The zero-order chi connectivity index (χ0) is 13.7. The molecule has 0 aromatic rings. The highest BCUT2D eigenvalue weighted by atomic mass is 16.2. The van der Waals surface area contributed by atoms with E-state index < -0.39 is 0 Å². The molecule has 0 radical (unpaired) electrons. The van der Waals surface area contributed by atoms with E-state index >= 15 is 0 Å². The molecule has 2 saturated heterocycles. The van der Waals surface area contributed by atoms with Gasteiger partial charge in [-0.25, -0.2) is 0 Å². The van der Waals surface area contributed by atoms with Gasteiger partial charge in [0.25, 0.3) is 0 Å². The van der Waals surface area contributed by atoms with E-state index in [1.807, 2.05) is 0 Å². The standard InChI is InChI=1S/C15H29N3O/c1-3-16-14-8-7-11-18(15(14)19)13(2)12-17-9-5-4-6-10-17/h13-14,16H,3-12H2,1-2H3. The van der Waals surface area contributed by atoms with Crippen LogP contribution in [0.4, 0.5) is 0 Å². The van der Waals surface area contributed by atoms with Crippen molar-refractivity contribution in [3.05, 3.63) is 0 Å². The summed E-state index contributed by atoms with van der Waals surface area (Å²) in [5.74, 6) is 0.317. The highest BCUT2D eigenvalue weighted by Crippen LogP contribution is 2.17. The van der Waals surface area contributed by atoms with Crippen LogP contribution in [0.15, 0.2) is 0 Å². The predicted molar refractivity (Wildman–Crippen MR) is 78.2 cm³/mol. The van der Waals surface area contributed by atoms with E-state index in [2.05, 4.69) is 29.0 Å². The Morgan fingerprint density at radius 3 is 2.63 bits per heavy atom. The number of carbonyl (C=O) groups is 1. The zero-order valence-corrected chi connectivity index (χ0v) is 12.5. The quantitative estimate of drug-likeness (QED) is 0.819. The number of likely N-dealkylation sites (tertiary alicyclic amines) is 2. The van der Waals surface area contributed by atoms with Gasteiger partial charge >= 0.3 is 0 Å². The summed E-state index contributed by atoms with van der Waals surface area (Å²) in [6.45, 7) is 9.57. The lowest BCUT2D eigenvalue weighted by atomic mass is 10.0. The van der Waals surface area contributed by atoms with Crippen molar-refractivity contribution < 1.29 is 4.79 Å². The average Bonchev–Trinajstić information content (AvgIpc) is 2.42. The maximum absolute atomic E-state index is 12.4. The van der Waals surface area contributed by atoms with E-state index in [-0.39, 0.29) is 6.04 Å². The molecule has 0 aromatic heterocycles. The molecule has 4 heteroatoms. The molecule has 2 fully saturated rings. The van der Waals surface area contributed by atoms with E-state index in [0.717, 1.165) is 32.5 Å². The van der Waals surface area contributed by atoms with Crippen LogP contribution in [0.2, 0.25) is 0 Å². The van der Waals surface area contributed by atoms with E-state index in [9.17, 15) is 4.79 Å². The fraction of sp³-hybridized carbons (Fsp3) is 0.933. The lowest BCUT2D eigenvalue weighted by Gasteiger charge is -2.39. The SMILES string of the molecule is CCNC1CCCN(C(C)CN2CCCCC2)C1=O. The number of hydrogen-bond acceptors (Lipinski definition) is 3. The Morgan fingerprint density at radius 2 is 1.95 bits per heavy atom. The molecule has 110 valence electrons. The van der Waals surface area contributed by atoms with Crippen molar-refractivity contribution in [2.45, 2.75) is 58.0 Å². The molecule has 2 aliphatic heterocycles. The van der Waals surface area contributed by atoms with Crippen molar-refractivity contribution >= 4 is 5.91 Å². The molecule has 1 N–H and O–H groups in total. The first-order valence-electron chi connectivity index (χ1n) is 7.98. The van der Waals surface area contributed by atoms with Gasteiger partial charge in [0.05, 0.1) is 6.04 Å². The summed E-state index contributed by atoms with van der Waals surface area (Å²) in [4.78, 5) is 17.1. The third-order valence-corrected chi connectivity index (χ3v) is 4.43. The first-order chi connectivity index (χ1) is 9.22. The van der Waals surface area contributed by atoms with E-state index in [1.165, 1.54) is 32.4 Å². The third kappa shape index (κ3) is 3.93. The number of piperidine rings is 2. The lowest BCUT2D eigenvalue weighted by molar-refractivity contribution is -0.138. The maximum Gasteiger partial charge on any atom is 0.239 e. The van der Waals surface area contributed by atoms with E-state index in [1.54, 1.807) is 0 Å². The fourth-order valence-electron chi connectivity index (χ4n) is 3.39. The molecule has 4 nitrogen and oxygen atoms in total. The number of amides is 1. The summed E-state index contributed by atoms with van der Waals surface area (Å²) < 4.78 is 0. The Kier molecular flexibility index (Phi) is 5.64. The number of nitrogens with zero attached hydrogens (tertiary/aromatic N) is 2. The molecule has 2 atom stereocenters. The molecule has 0 spiro atoms. The summed E-state index contributed by atoms with van der Waals surface area (Å²) in [7, 11) is 0. The predicted octanol–water partition coefficient (Wildman–Crippen LogP) is 1.46. The Labute approximate surface area is 117 Å². The summed E-state index contributed by atoms with van der Waals surface area (Å²) in [5.41, 5.74) is 0. The first-order valence-corrected chi connectivity index (χ1v) is 7.98. The van der Waals surface area contributed by atoms with Gasteiger partial charge in [-0.3, -0.25) is 4.79 Å². The van der Waals surface area contributed by atoms with Crippen LogP contribution in [-0.2, 0) is 4.79 Å². The normalized spacial score (nSPS) is 27.6. The molecular weight excluding hydrogens is 238 g/mol. The Morgan fingerprint density at radius 1 is 1.21 bits per heavy atom. The maximum atomic E-state index is 12.4. The van der Waals surface area contributed by atoms with Crippen molar-refractivity contribution in [3.8, 4) is 0 Å². The van der Waals surface area contributed by atoms with Crippen LogP contribution in [0.3, 0.4) is 0 Å². The third-order valence-electron chi connectivity index (χ3n) is 4.43. The van der Waals surface area contributed by atoms with Crippen molar-refractivity contribution in [3.63, 3.8) is 0 Å². The summed E-state index contributed by atoms with van der Waals surface area (Å²) in [6, 6.07) is 0.412. The smallest absolute Gasteiger partial charge is 0.239 e. The van der Waals surface area contributed by atoms with Crippen LogP contribution in [0.5, 0.6) is 0 Å². The van der Waals surface area contributed by atoms with Gasteiger partial charge in [0.1, 0.15) is 0 Å². The molecule has 0 aliphatic carbocycles. The van der Waals surface area contributed by atoms with Gasteiger partial charge in [0, 0.05) is 19.1 Å². The van der Waals surface area contributed by atoms with Crippen molar-refractivity contribution in [1.29, 1.82) is 0 Å². The van der Waals surface area contributed by atoms with E-state index in [0.29, 0.717) is 11.9 Å². The Bertz CT molecular complexity index is 287. The summed E-state index contributed by atoms with van der Waals surface area (Å²) in [6.07, 6.45) is 6.14. The number of nitrogens with one attached hydrogen (secondary N) is 1. The molecular formula is C15H29N3O. The second-order valence-electron chi connectivity index (χ2n) is 5.99. The lowest BCUT2D eigenvalue weighted by Crippen LogP contribution is -2.56. The van der Waals surface area contributed by atoms with Gasteiger partial charge in [-0.1, -0.05) is 13.3 Å². The topological polar surface area (TPSA) is 35.6 Å². The number of carbonyl (C=O) groups excluding carboxylic acids is 1. The minimum absolute atomic E-state index is 0.0579. The minimum Gasteiger partial charge on any atom is -0.337 e. The minimum atomic E-state index is 0.0579. The molecule has 19 heavy (non-hydrogen) atoms. The first kappa shape index (κ1) is 14.8. The summed E-state index contributed by atoms with van der Waals surface area (Å²) >= 11 is 0. The van der Waals surface area contributed by atoms with Gasteiger partial charge < -0.3 is 15.1 Å². The molecule has 2 aliphatic rings. The second kappa shape index (κ2) is 7.25. The Balaban J connectivity index is 1.86. The van der Waals surface area contributed by atoms with Crippen molar-refractivity contribution in [2.75, 3.05) is 32.7 Å². The van der Waals surface area contributed by atoms with Crippen LogP contribution in [-0.4, -0.2) is 60.5 Å². The number of likely N-dealkylation sites (N-methyl/N-ethyl adjacent to an activating group) is 1. The van der Waals surface area contributed by atoms with Gasteiger partial charge in [0.2, 0.25) is 5.91 Å². The van der Waals surface area contributed by atoms with Gasteiger partial charge in [-0.15, -0.1) is 0 Å². The van der Waals surface area contributed by atoms with Crippen LogP contribution in [0.25, 0.3) is 0 Å². The van der Waals surface area contributed by atoms with Crippen molar-refractivity contribution in [2.24, 2.45) is 0 Å². The van der Waals surface area contributed by atoms with Gasteiger partial charge in [-0.2, -0.15) is 0 Å². The van der Waals surface area contributed by atoms with Crippen LogP contribution in [0, 0.1) is 0 Å². The molecule has 1 amide bonds. The Hall–Kier alpha value is -0.610. The average molecular weight is 267 g/mol. The van der Waals surface area contributed by atoms with Crippen LogP contribution < -0.4 is 5.32 Å². The van der Waals surface area contributed by atoms with Gasteiger partial charge in [0.15, 0.2) is 0 Å². The monoisotopic (exact) mass is 267 g/mol. The zero-order valence-electron chi connectivity index (χ0n) is 12.5.